The van der Waals surface area contributed by atoms with Crippen molar-refractivity contribution in [1.29, 1.82) is 0 Å². The van der Waals surface area contributed by atoms with Gasteiger partial charge in [-0.15, -0.1) is 0 Å². The molecule has 0 nitrogen and oxygen atoms in total. The third-order valence-corrected chi connectivity index (χ3v) is 5.51. The first kappa shape index (κ1) is 14.2. The molecule has 0 spiro atoms. The average Bonchev–Trinajstić information content (AvgIpc) is 2.49. The van der Waals surface area contributed by atoms with E-state index in [0.29, 0.717) is 0 Å². The number of hydrogen-bond donors (Lipinski definition) is 0. The van der Waals surface area contributed by atoms with Crippen LogP contribution in [0.4, 0.5) is 0 Å². The van der Waals surface area contributed by atoms with E-state index in [2.05, 4.69) is 33.8 Å². The lowest BCUT2D eigenvalue weighted by Crippen LogP contribution is -2.34. The average molecular weight is 247 g/mol. The van der Waals surface area contributed by atoms with Gasteiger partial charge in [-0.1, -0.05) is 51.7 Å². The molecule has 2 aliphatic rings. The SMILES string of the molecule is CCCCC1CC[C]2C=C(C)CCC(C)C2C1C. The van der Waals surface area contributed by atoms with Gasteiger partial charge in [-0.3, -0.25) is 0 Å². The van der Waals surface area contributed by atoms with Crippen molar-refractivity contribution >= 4 is 0 Å². The van der Waals surface area contributed by atoms with Gasteiger partial charge in [0.15, 0.2) is 0 Å². The molecule has 0 aromatic carbocycles. The minimum atomic E-state index is 0.887. The maximum absolute atomic E-state index is 2.56. The predicted molar refractivity (Wildman–Crippen MR) is 80.3 cm³/mol. The summed E-state index contributed by atoms with van der Waals surface area (Å²) >= 11 is 0. The van der Waals surface area contributed by atoms with Gasteiger partial charge in [-0.05, 0) is 56.3 Å². The van der Waals surface area contributed by atoms with E-state index >= 15 is 0 Å². The van der Waals surface area contributed by atoms with Gasteiger partial charge < -0.3 is 0 Å². The molecule has 2 rings (SSSR count). The third kappa shape index (κ3) is 3.00. The number of fused-ring (bicyclic) bond motifs is 1. The number of hydrogen-bond acceptors (Lipinski definition) is 0. The largest absolute Gasteiger partial charge is 0.0782 e. The molecule has 0 bridgehead atoms. The van der Waals surface area contributed by atoms with Crippen molar-refractivity contribution in [2.24, 2.45) is 23.7 Å². The minimum absolute atomic E-state index is 0.887. The smallest absolute Gasteiger partial charge is 0.00117 e. The molecular weight excluding hydrogens is 216 g/mol. The summed E-state index contributed by atoms with van der Waals surface area (Å²) < 4.78 is 0. The Bertz CT molecular complexity index is 288. The van der Waals surface area contributed by atoms with E-state index in [1.165, 1.54) is 44.9 Å². The van der Waals surface area contributed by atoms with E-state index < -0.39 is 0 Å². The number of rotatable bonds is 3. The Morgan fingerprint density at radius 3 is 2.67 bits per heavy atom. The first-order chi connectivity index (χ1) is 8.63. The molecule has 0 saturated heterocycles. The van der Waals surface area contributed by atoms with Crippen molar-refractivity contribution in [2.75, 3.05) is 0 Å². The maximum atomic E-state index is 2.56. The van der Waals surface area contributed by atoms with Crippen molar-refractivity contribution in [3.8, 4) is 0 Å². The Kier molecular flexibility index (Phi) is 4.92. The second kappa shape index (κ2) is 6.26. The summed E-state index contributed by atoms with van der Waals surface area (Å²) in [5.74, 6) is 5.48. The van der Waals surface area contributed by atoms with Gasteiger partial charge in [-0.2, -0.15) is 0 Å². The minimum Gasteiger partial charge on any atom is -0.0782 e. The highest BCUT2D eigenvalue weighted by Crippen LogP contribution is 2.49. The first-order valence-corrected chi connectivity index (χ1v) is 8.16. The van der Waals surface area contributed by atoms with Gasteiger partial charge in [0.25, 0.3) is 0 Å². The van der Waals surface area contributed by atoms with E-state index in [9.17, 15) is 0 Å². The van der Waals surface area contributed by atoms with E-state index in [0.717, 1.165) is 23.7 Å². The van der Waals surface area contributed by atoms with Crippen LogP contribution in [0.2, 0.25) is 0 Å². The molecule has 4 atom stereocenters. The normalized spacial score (nSPS) is 37.9. The fourth-order valence-corrected chi connectivity index (χ4v) is 4.36. The molecule has 0 aromatic rings. The van der Waals surface area contributed by atoms with Gasteiger partial charge in [0.05, 0.1) is 0 Å². The van der Waals surface area contributed by atoms with Gasteiger partial charge in [0, 0.05) is 5.92 Å². The zero-order valence-electron chi connectivity index (χ0n) is 12.8. The molecular formula is C18H31. The highest BCUT2D eigenvalue weighted by atomic mass is 14.4. The Labute approximate surface area is 114 Å². The van der Waals surface area contributed by atoms with Crippen molar-refractivity contribution in [3.63, 3.8) is 0 Å². The lowest BCUT2D eigenvalue weighted by Gasteiger charge is -2.43. The summed E-state index contributed by atoms with van der Waals surface area (Å²) in [6.07, 6.45) is 12.4. The summed E-state index contributed by atoms with van der Waals surface area (Å²) in [5, 5.41) is 0. The summed E-state index contributed by atoms with van der Waals surface area (Å²) in [5.41, 5.74) is 1.62. The Hall–Kier alpha value is -0.260. The number of allylic oxidation sites excluding steroid dienone is 2. The molecule has 0 aromatic heterocycles. The lowest BCUT2D eigenvalue weighted by atomic mass is 9.62. The molecule has 0 heterocycles. The first-order valence-electron chi connectivity index (χ1n) is 8.16. The highest BCUT2D eigenvalue weighted by molar-refractivity contribution is 5.23. The Morgan fingerprint density at radius 1 is 1.17 bits per heavy atom. The highest BCUT2D eigenvalue weighted by Gasteiger charge is 2.39. The lowest BCUT2D eigenvalue weighted by molar-refractivity contribution is 0.140. The zero-order valence-corrected chi connectivity index (χ0v) is 12.8. The summed E-state index contributed by atoms with van der Waals surface area (Å²) in [7, 11) is 0. The molecule has 1 fully saturated rings. The standard InChI is InChI=1S/C18H31/c1-5-6-7-16-10-11-17-12-13(2)8-9-14(3)18(17)15(16)4/h12,14-16,18H,5-11H2,1-4H3. The van der Waals surface area contributed by atoms with Crippen molar-refractivity contribution in [1.82, 2.24) is 0 Å². The van der Waals surface area contributed by atoms with Crippen LogP contribution in [-0.2, 0) is 0 Å². The van der Waals surface area contributed by atoms with Gasteiger partial charge in [0.2, 0.25) is 0 Å². The quantitative estimate of drug-likeness (QED) is 0.592. The van der Waals surface area contributed by atoms with Crippen LogP contribution in [0, 0.1) is 29.6 Å². The van der Waals surface area contributed by atoms with E-state index in [1.807, 2.05) is 0 Å². The summed E-state index contributed by atoms with van der Waals surface area (Å²) in [4.78, 5) is 0. The monoisotopic (exact) mass is 247 g/mol. The van der Waals surface area contributed by atoms with Crippen LogP contribution in [-0.4, -0.2) is 0 Å². The van der Waals surface area contributed by atoms with Gasteiger partial charge in [0.1, 0.15) is 0 Å². The molecule has 0 aliphatic heterocycles. The van der Waals surface area contributed by atoms with Crippen LogP contribution in [0.25, 0.3) is 0 Å². The number of unbranched alkanes of at least 4 members (excludes halogenated alkanes) is 1. The molecule has 4 unspecified atom stereocenters. The van der Waals surface area contributed by atoms with Crippen molar-refractivity contribution < 1.29 is 0 Å². The van der Waals surface area contributed by atoms with Crippen LogP contribution < -0.4 is 0 Å². The predicted octanol–water partition coefficient (Wildman–Crippen LogP) is 5.79. The fraction of sp³-hybridized carbons (Fsp3) is 0.833. The molecule has 2 aliphatic carbocycles. The molecule has 0 N–H and O–H groups in total. The summed E-state index contributed by atoms with van der Waals surface area (Å²) in [6.45, 7) is 9.69. The Balaban J connectivity index is 2.08. The van der Waals surface area contributed by atoms with Crippen molar-refractivity contribution in [3.05, 3.63) is 17.6 Å². The molecule has 1 saturated carbocycles. The molecule has 18 heavy (non-hydrogen) atoms. The topological polar surface area (TPSA) is 0 Å². The van der Waals surface area contributed by atoms with Gasteiger partial charge in [-0.25, -0.2) is 0 Å². The van der Waals surface area contributed by atoms with Crippen LogP contribution in [0.3, 0.4) is 0 Å². The molecule has 1 radical (unpaired) electrons. The Morgan fingerprint density at radius 2 is 1.94 bits per heavy atom. The molecule has 0 heteroatoms. The second-order valence-electron chi connectivity index (χ2n) is 6.91. The van der Waals surface area contributed by atoms with E-state index in [4.69, 9.17) is 0 Å². The second-order valence-corrected chi connectivity index (χ2v) is 6.91. The van der Waals surface area contributed by atoms with Crippen molar-refractivity contribution in [2.45, 2.75) is 72.6 Å². The summed E-state index contributed by atoms with van der Waals surface area (Å²) in [6, 6.07) is 0. The van der Waals surface area contributed by atoms with E-state index in [1.54, 1.807) is 11.5 Å². The molecule has 0 amide bonds. The van der Waals surface area contributed by atoms with Gasteiger partial charge >= 0.3 is 0 Å². The zero-order chi connectivity index (χ0) is 13.1. The fourth-order valence-electron chi connectivity index (χ4n) is 4.36. The third-order valence-electron chi connectivity index (χ3n) is 5.51. The van der Waals surface area contributed by atoms with Crippen LogP contribution in [0.5, 0.6) is 0 Å². The maximum Gasteiger partial charge on any atom is 0.00117 e. The molecule has 103 valence electrons. The van der Waals surface area contributed by atoms with E-state index in [-0.39, 0.29) is 0 Å². The van der Waals surface area contributed by atoms with Crippen LogP contribution in [0.15, 0.2) is 11.6 Å². The van der Waals surface area contributed by atoms with Crippen LogP contribution in [0.1, 0.15) is 72.6 Å². The van der Waals surface area contributed by atoms with Crippen LogP contribution >= 0.6 is 0 Å².